The summed E-state index contributed by atoms with van der Waals surface area (Å²) < 4.78 is 11.5. The van der Waals surface area contributed by atoms with Crippen LogP contribution in [0.2, 0.25) is 0 Å². The third-order valence-corrected chi connectivity index (χ3v) is 6.51. The van der Waals surface area contributed by atoms with Gasteiger partial charge < -0.3 is 9.15 Å². The first-order valence-electron chi connectivity index (χ1n) is 10.8. The maximum Gasteiger partial charge on any atom is 0.247 e. The van der Waals surface area contributed by atoms with Gasteiger partial charge in [-0.25, -0.2) is 9.97 Å². The number of rotatable bonds is 6. The Morgan fingerprint density at radius 2 is 1.88 bits per heavy atom. The van der Waals surface area contributed by atoms with E-state index in [4.69, 9.17) is 19.1 Å². The summed E-state index contributed by atoms with van der Waals surface area (Å²) in [6.07, 6.45) is 0. The van der Waals surface area contributed by atoms with Gasteiger partial charge in [0.1, 0.15) is 10.9 Å². The molecule has 0 bridgehead atoms. The van der Waals surface area contributed by atoms with E-state index in [-0.39, 0.29) is 5.25 Å². The second kappa shape index (κ2) is 9.36. The van der Waals surface area contributed by atoms with Crippen LogP contribution in [0.5, 0.6) is 0 Å². The van der Waals surface area contributed by atoms with Gasteiger partial charge in [0.05, 0.1) is 30.5 Å². The largest absolute Gasteiger partial charge is 0.419 e. The number of aromatic nitrogens is 4. The highest BCUT2D eigenvalue weighted by Gasteiger charge is 2.20. The molecular formula is C24H25N5O2S. The van der Waals surface area contributed by atoms with Crippen molar-refractivity contribution >= 4 is 22.7 Å². The molecule has 32 heavy (non-hydrogen) atoms. The van der Waals surface area contributed by atoms with Gasteiger partial charge in [-0.2, -0.15) is 0 Å². The highest BCUT2D eigenvalue weighted by Crippen LogP contribution is 2.37. The molecule has 5 rings (SSSR count). The molecule has 0 unspecified atom stereocenters. The molecule has 2 aromatic heterocycles. The van der Waals surface area contributed by atoms with Crippen LogP contribution in [-0.4, -0.2) is 51.4 Å². The van der Waals surface area contributed by atoms with E-state index in [1.807, 2.05) is 49.4 Å². The predicted molar refractivity (Wildman–Crippen MR) is 124 cm³/mol. The van der Waals surface area contributed by atoms with Crippen molar-refractivity contribution in [2.45, 2.75) is 30.7 Å². The van der Waals surface area contributed by atoms with Crippen LogP contribution in [-0.2, 0) is 11.3 Å². The molecule has 164 valence electrons. The Bertz CT molecular complexity index is 1220. The molecule has 1 atom stereocenters. The Hall–Kier alpha value is -2.81. The lowest BCUT2D eigenvalue weighted by atomic mass is 10.1. The highest BCUT2D eigenvalue weighted by atomic mass is 32.2. The van der Waals surface area contributed by atoms with Crippen molar-refractivity contribution in [3.8, 4) is 11.5 Å². The monoisotopic (exact) mass is 447 g/mol. The van der Waals surface area contributed by atoms with E-state index in [0.29, 0.717) is 18.3 Å². The summed E-state index contributed by atoms with van der Waals surface area (Å²) in [5, 5.41) is 10.5. The molecule has 2 aromatic carbocycles. The van der Waals surface area contributed by atoms with Crippen LogP contribution in [0, 0.1) is 6.92 Å². The van der Waals surface area contributed by atoms with E-state index in [2.05, 4.69) is 28.1 Å². The second-order valence-electron chi connectivity index (χ2n) is 7.93. The van der Waals surface area contributed by atoms with Crippen LogP contribution in [0.1, 0.15) is 29.5 Å². The zero-order chi connectivity index (χ0) is 21.9. The van der Waals surface area contributed by atoms with E-state index < -0.39 is 0 Å². The molecule has 1 aliphatic rings. The van der Waals surface area contributed by atoms with Crippen molar-refractivity contribution in [3.63, 3.8) is 0 Å². The lowest BCUT2D eigenvalue weighted by Crippen LogP contribution is -2.36. The van der Waals surface area contributed by atoms with Crippen LogP contribution in [0.3, 0.4) is 0 Å². The second-order valence-corrected chi connectivity index (χ2v) is 9.26. The van der Waals surface area contributed by atoms with Crippen LogP contribution in [0.15, 0.2) is 58.0 Å². The fourth-order valence-electron chi connectivity index (χ4n) is 3.72. The lowest BCUT2D eigenvalue weighted by molar-refractivity contribution is 0.0330. The SMILES string of the molecule is Cc1cccc(-c2nnc([C@H](C)Sc3nc(CN4CCOCC4)nc4ccccc34)o2)c1. The van der Waals surface area contributed by atoms with E-state index in [1.54, 1.807) is 11.8 Å². The van der Waals surface area contributed by atoms with Gasteiger partial charge in [-0.1, -0.05) is 47.7 Å². The molecule has 3 heterocycles. The van der Waals surface area contributed by atoms with Gasteiger partial charge >= 0.3 is 0 Å². The summed E-state index contributed by atoms with van der Waals surface area (Å²) in [7, 11) is 0. The van der Waals surface area contributed by atoms with Crippen molar-refractivity contribution in [2.75, 3.05) is 26.3 Å². The van der Waals surface area contributed by atoms with Gasteiger partial charge in [0.25, 0.3) is 0 Å². The summed E-state index contributed by atoms with van der Waals surface area (Å²) in [5.74, 6) is 1.95. The van der Waals surface area contributed by atoms with Crippen molar-refractivity contribution < 1.29 is 9.15 Å². The van der Waals surface area contributed by atoms with E-state index >= 15 is 0 Å². The van der Waals surface area contributed by atoms with Gasteiger partial charge in [0.15, 0.2) is 0 Å². The third kappa shape index (κ3) is 4.67. The number of morpholine rings is 1. The molecule has 0 saturated carbocycles. The Kier molecular flexibility index (Phi) is 6.16. The number of benzene rings is 2. The molecule has 0 N–H and O–H groups in total. The fourth-order valence-corrected chi connectivity index (χ4v) is 4.71. The molecular weight excluding hydrogens is 422 g/mol. The molecule has 0 aliphatic carbocycles. The number of thioether (sulfide) groups is 1. The maximum absolute atomic E-state index is 6.01. The Morgan fingerprint density at radius 3 is 2.72 bits per heavy atom. The molecule has 8 heteroatoms. The number of hydrogen-bond donors (Lipinski definition) is 0. The normalized spacial score (nSPS) is 15.8. The number of hydrogen-bond acceptors (Lipinski definition) is 8. The number of nitrogens with zero attached hydrogens (tertiary/aromatic N) is 5. The molecule has 4 aromatic rings. The minimum atomic E-state index is -0.0457. The lowest BCUT2D eigenvalue weighted by Gasteiger charge is -2.26. The molecule has 1 aliphatic heterocycles. The van der Waals surface area contributed by atoms with E-state index in [0.717, 1.165) is 59.2 Å². The Morgan fingerprint density at radius 1 is 1.03 bits per heavy atom. The number of aryl methyl sites for hydroxylation is 1. The average Bonchev–Trinajstić information content (AvgIpc) is 3.30. The molecule has 0 amide bonds. The maximum atomic E-state index is 6.01. The van der Waals surface area contributed by atoms with E-state index in [1.165, 1.54) is 0 Å². The first kappa shape index (κ1) is 21.1. The summed E-state index contributed by atoms with van der Waals surface area (Å²) in [6, 6.07) is 16.2. The molecule has 0 radical (unpaired) electrons. The van der Waals surface area contributed by atoms with Gasteiger partial charge in [-0.3, -0.25) is 4.90 Å². The Labute approximate surface area is 191 Å². The first-order chi connectivity index (χ1) is 15.7. The quantitative estimate of drug-likeness (QED) is 0.312. The molecule has 1 saturated heterocycles. The van der Waals surface area contributed by atoms with Crippen LogP contribution >= 0.6 is 11.8 Å². The summed E-state index contributed by atoms with van der Waals surface area (Å²) >= 11 is 1.62. The minimum absolute atomic E-state index is 0.0457. The molecule has 7 nitrogen and oxygen atoms in total. The predicted octanol–water partition coefficient (Wildman–Crippen LogP) is 4.67. The van der Waals surface area contributed by atoms with Crippen molar-refractivity contribution in [1.82, 2.24) is 25.1 Å². The van der Waals surface area contributed by atoms with Crippen molar-refractivity contribution in [2.24, 2.45) is 0 Å². The summed E-state index contributed by atoms with van der Waals surface area (Å²) in [6.45, 7) is 8.15. The first-order valence-corrected chi connectivity index (χ1v) is 11.7. The zero-order valence-corrected chi connectivity index (χ0v) is 19.0. The fraction of sp³-hybridized carbons (Fsp3) is 0.333. The van der Waals surface area contributed by atoms with Crippen LogP contribution in [0.25, 0.3) is 22.4 Å². The molecule has 1 fully saturated rings. The van der Waals surface area contributed by atoms with Crippen molar-refractivity contribution in [1.29, 1.82) is 0 Å². The zero-order valence-electron chi connectivity index (χ0n) is 18.2. The van der Waals surface area contributed by atoms with Gasteiger partial charge in [0, 0.05) is 24.0 Å². The van der Waals surface area contributed by atoms with Crippen LogP contribution < -0.4 is 0 Å². The minimum Gasteiger partial charge on any atom is -0.419 e. The topological polar surface area (TPSA) is 77.2 Å². The summed E-state index contributed by atoms with van der Waals surface area (Å²) in [5.41, 5.74) is 3.04. The standard InChI is InChI=1S/C24H25N5O2S/c1-16-6-5-7-18(14-16)23-28-27-22(31-23)17(2)32-24-19-8-3-4-9-20(19)25-21(26-24)15-29-10-12-30-13-11-29/h3-9,14,17H,10-13,15H2,1-2H3/t17-/m0/s1. The van der Waals surface area contributed by atoms with Gasteiger partial charge in [-0.15, -0.1) is 10.2 Å². The number of fused-ring (bicyclic) bond motifs is 1. The van der Waals surface area contributed by atoms with Crippen molar-refractivity contribution in [3.05, 3.63) is 65.8 Å². The van der Waals surface area contributed by atoms with E-state index in [9.17, 15) is 0 Å². The van der Waals surface area contributed by atoms with Crippen LogP contribution in [0.4, 0.5) is 0 Å². The molecule has 0 spiro atoms. The summed E-state index contributed by atoms with van der Waals surface area (Å²) in [4.78, 5) is 12.1. The average molecular weight is 448 g/mol. The van der Waals surface area contributed by atoms with Gasteiger partial charge in [0.2, 0.25) is 11.8 Å². The number of ether oxygens (including phenoxy) is 1. The third-order valence-electron chi connectivity index (χ3n) is 5.43. The van der Waals surface area contributed by atoms with Gasteiger partial charge in [-0.05, 0) is 32.0 Å². The highest BCUT2D eigenvalue weighted by molar-refractivity contribution is 7.99. The Balaban J connectivity index is 1.40. The smallest absolute Gasteiger partial charge is 0.247 e. The number of para-hydroxylation sites is 1.